The molecule has 0 aliphatic heterocycles. The summed E-state index contributed by atoms with van der Waals surface area (Å²) in [7, 11) is 3.44. The number of carbonyl (C=O) groups excluding carboxylic acids is 1. The molecule has 1 atom stereocenters. The van der Waals surface area contributed by atoms with E-state index in [-0.39, 0.29) is 0 Å². The summed E-state index contributed by atoms with van der Waals surface area (Å²) in [5.41, 5.74) is 3.76. The van der Waals surface area contributed by atoms with E-state index < -0.39 is 16.9 Å². The Balaban J connectivity index is 2.09. The van der Waals surface area contributed by atoms with E-state index in [0.29, 0.717) is 35.1 Å². The average molecular weight is 450 g/mol. The maximum atomic E-state index is 12.4. The molecule has 162 valence electrons. The smallest absolute Gasteiger partial charge is 0.413 e. The van der Waals surface area contributed by atoms with Crippen LogP contribution < -0.4 is 9.64 Å². The molecule has 0 saturated carbocycles. The van der Waals surface area contributed by atoms with Crippen molar-refractivity contribution < 1.29 is 18.5 Å². The summed E-state index contributed by atoms with van der Waals surface area (Å²) < 4.78 is 22.6. The van der Waals surface area contributed by atoms with E-state index >= 15 is 0 Å². The number of carbonyl (C=O) groups is 1. The Hall–Kier alpha value is -2.31. The first-order valence-electron chi connectivity index (χ1n) is 9.55. The number of anilines is 1. The summed E-state index contributed by atoms with van der Waals surface area (Å²) in [6, 6.07) is 11.5. The molecule has 2 aromatic carbocycles. The summed E-state index contributed by atoms with van der Waals surface area (Å²) >= 11 is 6.38. The predicted molar refractivity (Wildman–Crippen MR) is 123 cm³/mol. The van der Waals surface area contributed by atoms with Gasteiger partial charge >= 0.3 is 6.09 Å². The zero-order valence-electron chi connectivity index (χ0n) is 18.0. The third kappa shape index (κ3) is 6.34. The number of benzene rings is 2. The number of amides is 1. The van der Waals surface area contributed by atoms with Gasteiger partial charge in [0.15, 0.2) is 0 Å². The lowest BCUT2D eigenvalue weighted by atomic mass is 10.0. The molecular formula is C23H28ClNO4S. The molecule has 0 spiro atoms. The predicted octanol–water partition coefficient (Wildman–Crippen LogP) is 5.55. The second kappa shape index (κ2) is 11.2. The van der Waals surface area contributed by atoms with Crippen LogP contribution >= 0.6 is 11.6 Å². The Kier molecular flexibility index (Phi) is 8.93. The Morgan fingerprint density at radius 2 is 1.87 bits per heavy atom. The van der Waals surface area contributed by atoms with Crippen LogP contribution in [0.5, 0.6) is 5.75 Å². The van der Waals surface area contributed by atoms with E-state index in [1.165, 1.54) is 19.1 Å². The van der Waals surface area contributed by atoms with Gasteiger partial charge in [-0.05, 0) is 56.5 Å². The fourth-order valence-corrected chi connectivity index (χ4v) is 4.30. The quantitative estimate of drug-likeness (QED) is 0.496. The molecule has 0 aliphatic rings. The van der Waals surface area contributed by atoms with Crippen LogP contribution in [-0.4, -0.2) is 37.3 Å². The first-order chi connectivity index (χ1) is 14.3. The Labute approximate surface area is 186 Å². The third-order valence-corrected chi connectivity index (χ3v) is 6.46. The second-order valence-electron chi connectivity index (χ2n) is 7.04. The number of hydrogen-bond donors (Lipinski definition) is 0. The van der Waals surface area contributed by atoms with Gasteiger partial charge in [0.2, 0.25) is 0 Å². The van der Waals surface area contributed by atoms with Crippen molar-refractivity contribution in [2.24, 2.45) is 0 Å². The van der Waals surface area contributed by atoms with Crippen LogP contribution in [0, 0.1) is 6.92 Å². The zero-order chi connectivity index (χ0) is 22.3. The highest BCUT2D eigenvalue weighted by molar-refractivity contribution is 7.85. The van der Waals surface area contributed by atoms with Crippen molar-refractivity contribution in [3.05, 3.63) is 64.2 Å². The first kappa shape index (κ1) is 24.0. The Morgan fingerprint density at radius 1 is 1.20 bits per heavy atom. The van der Waals surface area contributed by atoms with Crippen molar-refractivity contribution in [2.45, 2.75) is 31.6 Å². The number of halogens is 1. The molecule has 0 aromatic heterocycles. The van der Waals surface area contributed by atoms with E-state index in [4.69, 9.17) is 21.1 Å². The van der Waals surface area contributed by atoms with Gasteiger partial charge in [-0.1, -0.05) is 40.9 Å². The van der Waals surface area contributed by atoms with Crippen LogP contribution in [0.25, 0.3) is 0 Å². The minimum Gasteiger partial charge on any atom is -0.495 e. The lowest BCUT2D eigenvalue weighted by Crippen LogP contribution is -2.26. The summed E-state index contributed by atoms with van der Waals surface area (Å²) in [4.78, 5) is 14.1. The number of nitrogens with zero attached hydrogens (tertiary/aromatic N) is 1. The van der Waals surface area contributed by atoms with E-state index in [0.717, 1.165) is 21.6 Å². The fourth-order valence-electron chi connectivity index (χ4n) is 2.98. The van der Waals surface area contributed by atoms with Crippen LogP contribution in [0.2, 0.25) is 5.02 Å². The molecule has 0 N–H and O–H groups in total. The molecule has 0 saturated heterocycles. The van der Waals surface area contributed by atoms with Gasteiger partial charge in [0.05, 0.1) is 30.7 Å². The van der Waals surface area contributed by atoms with Crippen molar-refractivity contribution in [1.82, 2.24) is 0 Å². The number of hydrogen-bond acceptors (Lipinski definition) is 4. The van der Waals surface area contributed by atoms with Crippen LogP contribution in [0.3, 0.4) is 0 Å². The molecule has 0 heterocycles. The first-order valence-corrected chi connectivity index (χ1v) is 11.2. The summed E-state index contributed by atoms with van der Waals surface area (Å²) in [5.74, 6) is 1.06. The zero-order valence-corrected chi connectivity index (χ0v) is 19.6. The number of methoxy groups -OCH3 is 2. The highest BCUT2D eigenvalue weighted by atomic mass is 35.5. The number of aryl methyl sites for hydroxylation is 1. The Morgan fingerprint density at radius 3 is 2.47 bits per heavy atom. The van der Waals surface area contributed by atoms with E-state index in [2.05, 4.69) is 6.08 Å². The van der Waals surface area contributed by atoms with Crippen LogP contribution in [0.15, 0.2) is 52.9 Å². The van der Waals surface area contributed by atoms with Crippen molar-refractivity contribution in [1.29, 1.82) is 0 Å². The molecule has 2 aromatic rings. The SMILES string of the molecule is COC(=O)N(C)c1cc(C/C(C)=C/CC[S@](=O)c2ccc(C)cc2)cc(OC)c1Cl. The van der Waals surface area contributed by atoms with Gasteiger partial charge in [0, 0.05) is 17.7 Å². The van der Waals surface area contributed by atoms with E-state index in [9.17, 15) is 9.00 Å². The number of allylic oxidation sites excluding steroid dienone is 2. The molecule has 1 amide bonds. The van der Waals surface area contributed by atoms with Gasteiger partial charge in [-0.15, -0.1) is 0 Å². The number of rotatable bonds is 8. The van der Waals surface area contributed by atoms with Crippen molar-refractivity contribution >= 4 is 34.2 Å². The molecule has 0 aliphatic carbocycles. The average Bonchev–Trinajstić information content (AvgIpc) is 2.74. The highest BCUT2D eigenvalue weighted by Gasteiger charge is 2.18. The van der Waals surface area contributed by atoms with Crippen molar-refractivity contribution in [2.75, 3.05) is 31.9 Å². The molecule has 5 nitrogen and oxygen atoms in total. The fraction of sp³-hybridized carbons (Fsp3) is 0.348. The van der Waals surface area contributed by atoms with Gasteiger partial charge in [-0.2, -0.15) is 0 Å². The molecule has 0 fully saturated rings. The van der Waals surface area contributed by atoms with Gasteiger partial charge in [0.1, 0.15) is 10.8 Å². The molecule has 2 rings (SSSR count). The summed E-state index contributed by atoms with van der Waals surface area (Å²) in [6.07, 6.45) is 2.96. The minimum absolute atomic E-state index is 0.351. The third-order valence-electron chi connectivity index (χ3n) is 4.67. The van der Waals surface area contributed by atoms with E-state index in [1.807, 2.05) is 50.2 Å². The van der Waals surface area contributed by atoms with Gasteiger partial charge in [0.25, 0.3) is 0 Å². The van der Waals surface area contributed by atoms with Crippen molar-refractivity contribution in [3.8, 4) is 5.75 Å². The second-order valence-corrected chi connectivity index (χ2v) is 8.99. The van der Waals surface area contributed by atoms with Crippen LogP contribution in [0.1, 0.15) is 24.5 Å². The van der Waals surface area contributed by atoms with Gasteiger partial charge in [-0.25, -0.2) is 4.79 Å². The van der Waals surface area contributed by atoms with E-state index in [1.54, 1.807) is 7.05 Å². The molecule has 0 unspecified atom stereocenters. The highest BCUT2D eigenvalue weighted by Crippen LogP contribution is 2.36. The molecule has 7 heteroatoms. The molecular weight excluding hydrogens is 422 g/mol. The number of ether oxygens (including phenoxy) is 2. The molecule has 0 bridgehead atoms. The lowest BCUT2D eigenvalue weighted by molar-refractivity contribution is 0.180. The van der Waals surface area contributed by atoms with Crippen LogP contribution in [-0.2, 0) is 22.0 Å². The lowest BCUT2D eigenvalue weighted by Gasteiger charge is -2.20. The minimum atomic E-state index is -1.02. The molecule has 0 radical (unpaired) electrons. The molecule has 30 heavy (non-hydrogen) atoms. The monoisotopic (exact) mass is 449 g/mol. The topological polar surface area (TPSA) is 55.8 Å². The maximum Gasteiger partial charge on any atom is 0.413 e. The van der Waals surface area contributed by atoms with Crippen molar-refractivity contribution in [3.63, 3.8) is 0 Å². The Bertz CT molecular complexity index is 941. The van der Waals surface area contributed by atoms with Gasteiger partial charge < -0.3 is 9.47 Å². The van der Waals surface area contributed by atoms with Gasteiger partial charge in [-0.3, -0.25) is 9.11 Å². The van der Waals surface area contributed by atoms with Crippen LogP contribution in [0.4, 0.5) is 10.5 Å². The summed E-state index contributed by atoms with van der Waals surface area (Å²) in [6.45, 7) is 4.04. The summed E-state index contributed by atoms with van der Waals surface area (Å²) in [5, 5.41) is 0.351. The standard InChI is InChI=1S/C23H28ClNO4S/c1-16-8-10-19(11-9-16)30(27)12-6-7-17(2)13-18-14-20(25(3)23(26)29-5)22(24)21(15-18)28-4/h7-11,14-15H,6,12-13H2,1-5H3/b17-7+/t30-/m0/s1. The largest absolute Gasteiger partial charge is 0.495 e. The maximum absolute atomic E-state index is 12.4. The normalized spacial score (nSPS) is 12.4.